The van der Waals surface area contributed by atoms with Gasteiger partial charge in [0.25, 0.3) is 0 Å². The number of nitriles is 1. The van der Waals surface area contributed by atoms with Crippen molar-refractivity contribution in [3.8, 4) is 28.3 Å². The zero-order chi connectivity index (χ0) is 18.2. The molecule has 0 radical (unpaired) electrons. The Morgan fingerprint density at radius 2 is 1.46 bits per heavy atom. The van der Waals surface area contributed by atoms with Gasteiger partial charge in [-0.25, -0.2) is 0 Å². The first kappa shape index (κ1) is 18.0. The molecule has 0 aliphatic carbocycles. The summed E-state index contributed by atoms with van der Waals surface area (Å²) in [6.07, 6.45) is 6.33. The quantitative estimate of drug-likeness (QED) is 0.424. The van der Waals surface area contributed by atoms with E-state index in [0.717, 1.165) is 17.5 Å². The van der Waals surface area contributed by atoms with Crippen LogP contribution in [-0.4, -0.2) is 0 Å². The summed E-state index contributed by atoms with van der Waals surface area (Å²) in [5, 5.41) is 9.28. The van der Waals surface area contributed by atoms with Crippen LogP contribution in [0.25, 0.3) is 22.3 Å². The fourth-order valence-electron chi connectivity index (χ4n) is 3.33. The molecule has 130 valence electrons. The minimum absolute atomic E-state index is 0.695. The lowest BCUT2D eigenvalue weighted by Crippen LogP contribution is -1.89. The van der Waals surface area contributed by atoms with Crippen molar-refractivity contribution in [3.63, 3.8) is 0 Å². The van der Waals surface area contributed by atoms with Gasteiger partial charge in [-0.1, -0.05) is 86.8 Å². The van der Waals surface area contributed by atoms with Gasteiger partial charge in [0, 0.05) is 0 Å². The minimum atomic E-state index is 0.695. The van der Waals surface area contributed by atoms with E-state index >= 15 is 0 Å². The van der Waals surface area contributed by atoms with E-state index in [4.69, 9.17) is 0 Å². The smallest absolute Gasteiger partial charge is 0.0991 e. The van der Waals surface area contributed by atoms with Gasteiger partial charge in [-0.15, -0.1) is 0 Å². The average Bonchev–Trinajstić information content (AvgIpc) is 2.72. The number of benzene rings is 3. The summed E-state index contributed by atoms with van der Waals surface area (Å²) in [7, 11) is 0. The van der Waals surface area contributed by atoms with Crippen LogP contribution in [0, 0.1) is 11.3 Å². The summed E-state index contributed by atoms with van der Waals surface area (Å²) in [5.74, 6) is 0. The molecule has 26 heavy (non-hydrogen) atoms. The van der Waals surface area contributed by atoms with E-state index in [9.17, 15) is 5.26 Å². The van der Waals surface area contributed by atoms with Gasteiger partial charge in [0.05, 0.1) is 11.6 Å². The Kier molecular flexibility index (Phi) is 6.23. The lowest BCUT2D eigenvalue weighted by Gasteiger charge is -2.12. The third-order valence-electron chi connectivity index (χ3n) is 4.82. The molecule has 1 heteroatoms. The summed E-state index contributed by atoms with van der Waals surface area (Å²) < 4.78 is 0. The maximum atomic E-state index is 9.28. The Morgan fingerprint density at radius 1 is 0.731 bits per heavy atom. The van der Waals surface area contributed by atoms with Crippen LogP contribution in [0.3, 0.4) is 0 Å². The van der Waals surface area contributed by atoms with E-state index in [0.29, 0.717) is 5.56 Å². The SMILES string of the molecule is CCCCCCc1ccc(-c2ccc(C#N)cc2-c2ccccc2)cc1. The maximum absolute atomic E-state index is 9.28. The summed E-state index contributed by atoms with van der Waals surface area (Å²) in [6.45, 7) is 2.25. The van der Waals surface area contributed by atoms with Crippen molar-refractivity contribution in [2.24, 2.45) is 0 Å². The number of rotatable bonds is 7. The minimum Gasteiger partial charge on any atom is -0.192 e. The molecule has 0 heterocycles. The molecule has 3 rings (SSSR count). The fourth-order valence-corrected chi connectivity index (χ4v) is 3.33. The van der Waals surface area contributed by atoms with Gasteiger partial charge in [0.1, 0.15) is 0 Å². The molecule has 0 saturated heterocycles. The molecular weight excluding hydrogens is 314 g/mol. The lowest BCUT2D eigenvalue weighted by molar-refractivity contribution is 0.667. The molecule has 3 aromatic carbocycles. The van der Waals surface area contributed by atoms with Gasteiger partial charge < -0.3 is 0 Å². The Bertz CT molecular complexity index is 870. The normalized spacial score (nSPS) is 10.5. The molecule has 0 aromatic heterocycles. The number of unbranched alkanes of at least 4 members (excludes halogenated alkanes) is 3. The van der Waals surface area contributed by atoms with Crippen molar-refractivity contribution in [2.75, 3.05) is 0 Å². The van der Waals surface area contributed by atoms with E-state index in [1.807, 2.05) is 30.3 Å². The molecule has 0 fully saturated rings. The van der Waals surface area contributed by atoms with Gasteiger partial charge in [0.15, 0.2) is 0 Å². The molecule has 0 N–H and O–H groups in total. The Labute approximate surface area is 156 Å². The van der Waals surface area contributed by atoms with Crippen molar-refractivity contribution in [1.29, 1.82) is 5.26 Å². The Balaban J connectivity index is 1.88. The molecule has 0 aliphatic heterocycles. The zero-order valence-corrected chi connectivity index (χ0v) is 15.4. The van der Waals surface area contributed by atoms with Crippen molar-refractivity contribution >= 4 is 0 Å². The highest BCUT2D eigenvalue weighted by Gasteiger charge is 2.09. The second-order valence-electron chi connectivity index (χ2n) is 6.75. The molecule has 0 spiro atoms. The standard InChI is InChI=1S/C25H25N/c1-2-3-4-6-9-20-12-15-23(16-13-20)24-17-14-21(19-26)18-25(24)22-10-7-5-8-11-22/h5,7-8,10-18H,2-4,6,9H2,1H3. The number of hydrogen-bond donors (Lipinski definition) is 0. The van der Waals surface area contributed by atoms with E-state index in [2.05, 4.69) is 55.5 Å². The van der Waals surface area contributed by atoms with E-state index < -0.39 is 0 Å². The molecular formula is C25H25N. The van der Waals surface area contributed by atoms with Crippen LogP contribution in [0.4, 0.5) is 0 Å². The van der Waals surface area contributed by atoms with Crippen LogP contribution in [0.15, 0.2) is 72.8 Å². The highest BCUT2D eigenvalue weighted by Crippen LogP contribution is 2.33. The van der Waals surface area contributed by atoms with Crippen LogP contribution in [-0.2, 0) is 6.42 Å². The van der Waals surface area contributed by atoms with E-state index in [-0.39, 0.29) is 0 Å². The molecule has 1 nitrogen and oxygen atoms in total. The van der Waals surface area contributed by atoms with E-state index in [1.54, 1.807) is 0 Å². The second-order valence-corrected chi connectivity index (χ2v) is 6.75. The summed E-state index contributed by atoms with van der Waals surface area (Å²) in [6, 6.07) is 27.4. The van der Waals surface area contributed by atoms with Crippen molar-refractivity contribution in [3.05, 3.63) is 83.9 Å². The summed E-state index contributed by atoms with van der Waals surface area (Å²) in [5.41, 5.74) is 6.72. The first-order valence-corrected chi connectivity index (χ1v) is 9.50. The number of aryl methyl sites for hydroxylation is 1. The average molecular weight is 339 g/mol. The predicted octanol–water partition coefficient (Wildman–Crippen LogP) is 7.02. The molecule has 0 amide bonds. The molecule has 0 bridgehead atoms. The van der Waals surface area contributed by atoms with Crippen molar-refractivity contribution in [1.82, 2.24) is 0 Å². The summed E-state index contributed by atoms with van der Waals surface area (Å²) >= 11 is 0. The third-order valence-corrected chi connectivity index (χ3v) is 4.82. The fraction of sp³-hybridized carbons (Fsp3) is 0.240. The second kappa shape index (κ2) is 9.02. The van der Waals surface area contributed by atoms with Crippen molar-refractivity contribution < 1.29 is 0 Å². The topological polar surface area (TPSA) is 23.8 Å². The predicted molar refractivity (Wildman–Crippen MR) is 110 cm³/mol. The molecule has 0 aliphatic rings. The number of hydrogen-bond acceptors (Lipinski definition) is 1. The third kappa shape index (κ3) is 4.41. The molecule has 0 atom stereocenters. The van der Waals surface area contributed by atoms with Gasteiger partial charge in [-0.3, -0.25) is 0 Å². The largest absolute Gasteiger partial charge is 0.192 e. The molecule has 3 aromatic rings. The molecule has 0 unspecified atom stereocenters. The first-order valence-electron chi connectivity index (χ1n) is 9.50. The van der Waals surface area contributed by atoms with Crippen LogP contribution in [0.1, 0.15) is 43.7 Å². The highest BCUT2D eigenvalue weighted by atomic mass is 14.2. The summed E-state index contributed by atoms with van der Waals surface area (Å²) in [4.78, 5) is 0. The highest BCUT2D eigenvalue weighted by molar-refractivity contribution is 5.84. The molecule has 0 saturated carbocycles. The van der Waals surface area contributed by atoms with Gasteiger partial charge in [-0.05, 0) is 52.8 Å². The van der Waals surface area contributed by atoms with Crippen LogP contribution >= 0.6 is 0 Å². The lowest BCUT2D eigenvalue weighted by atomic mass is 9.92. The van der Waals surface area contributed by atoms with Crippen LogP contribution < -0.4 is 0 Å². The van der Waals surface area contributed by atoms with Crippen LogP contribution in [0.2, 0.25) is 0 Å². The maximum Gasteiger partial charge on any atom is 0.0991 e. The van der Waals surface area contributed by atoms with Gasteiger partial charge >= 0.3 is 0 Å². The monoisotopic (exact) mass is 339 g/mol. The zero-order valence-electron chi connectivity index (χ0n) is 15.4. The van der Waals surface area contributed by atoms with Crippen LogP contribution in [0.5, 0.6) is 0 Å². The van der Waals surface area contributed by atoms with Crippen molar-refractivity contribution in [2.45, 2.75) is 39.0 Å². The van der Waals surface area contributed by atoms with Gasteiger partial charge in [-0.2, -0.15) is 5.26 Å². The first-order chi connectivity index (χ1) is 12.8. The van der Waals surface area contributed by atoms with E-state index in [1.165, 1.54) is 42.4 Å². The van der Waals surface area contributed by atoms with Gasteiger partial charge in [0.2, 0.25) is 0 Å². The number of nitrogens with zero attached hydrogens (tertiary/aromatic N) is 1. The Hall–Kier alpha value is -2.85. The Morgan fingerprint density at radius 3 is 2.15 bits per heavy atom.